The zero-order chi connectivity index (χ0) is 32.3. The van der Waals surface area contributed by atoms with Gasteiger partial charge in [0.25, 0.3) is 0 Å². The predicted molar refractivity (Wildman–Crippen MR) is 204 cm³/mol. The Hall–Kier alpha value is -0.850. The van der Waals surface area contributed by atoms with Gasteiger partial charge in [-0.15, -0.1) is 0 Å². The van der Waals surface area contributed by atoms with Crippen molar-refractivity contribution in [3.8, 4) is 0 Å². The zero-order valence-corrected chi connectivity index (χ0v) is 31.3. The van der Waals surface area contributed by atoms with Gasteiger partial charge in [-0.3, -0.25) is 4.98 Å². The van der Waals surface area contributed by atoms with Crippen LogP contribution in [0.25, 0.3) is 0 Å². The van der Waals surface area contributed by atoms with Gasteiger partial charge in [0.15, 0.2) is 0 Å². The van der Waals surface area contributed by atoms with E-state index in [2.05, 4.69) is 32.9 Å². The number of hydrogen-bond acceptors (Lipinski definition) is 1. The molecule has 0 atom stereocenters. The molecule has 1 aromatic rings. The lowest BCUT2D eigenvalue weighted by Crippen LogP contribution is -1.98. The average Bonchev–Trinajstić information content (AvgIpc) is 3.03. The quantitative estimate of drug-likeness (QED) is 0.0677. The Bertz CT molecular complexity index is 653. The number of unbranched alkanes of at least 4 members (excludes halogenated alkanes) is 32. The van der Waals surface area contributed by atoms with Gasteiger partial charge in [0.05, 0.1) is 0 Å². The minimum Gasteiger partial charge on any atom is -0.258 e. The number of nitrogens with zero attached hydrogens (tertiary/aromatic N) is 1. The highest BCUT2D eigenvalue weighted by atomic mass is 14.7. The van der Waals surface area contributed by atoms with Crippen LogP contribution in [0.15, 0.2) is 12.1 Å². The maximum Gasteiger partial charge on any atom is 0.0409 e. The van der Waals surface area contributed by atoms with Crippen LogP contribution in [0.1, 0.15) is 249 Å². The molecule has 0 saturated carbocycles. The number of aromatic nitrogens is 1. The highest BCUT2D eigenvalue weighted by Gasteiger charge is 2.03. The topological polar surface area (TPSA) is 12.9 Å². The summed E-state index contributed by atoms with van der Waals surface area (Å²) in [6, 6.07) is 4.45. The largest absolute Gasteiger partial charge is 0.258 e. The molecular weight excluding hydrogens is 542 g/mol. The van der Waals surface area contributed by atoms with Crippen LogP contribution in [0.2, 0.25) is 0 Å². The third kappa shape index (κ3) is 30.2. The van der Waals surface area contributed by atoms with E-state index in [0.717, 1.165) is 18.4 Å². The smallest absolute Gasteiger partial charge is 0.0409 e. The monoisotopic (exact) mass is 625 g/mol. The zero-order valence-electron chi connectivity index (χ0n) is 31.3. The molecule has 0 fully saturated rings. The number of rotatable bonds is 36. The molecule has 0 amide bonds. The third-order valence-electron chi connectivity index (χ3n) is 10.1. The molecule has 0 spiro atoms. The molecular formula is C44H82N. The van der Waals surface area contributed by atoms with Gasteiger partial charge in [-0.2, -0.15) is 0 Å². The van der Waals surface area contributed by atoms with Crippen molar-refractivity contribution in [2.24, 2.45) is 0 Å². The molecule has 0 aliphatic rings. The summed E-state index contributed by atoms with van der Waals surface area (Å²) in [7, 11) is 0. The van der Waals surface area contributed by atoms with E-state index in [9.17, 15) is 0 Å². The van der Waals surface area contributed by atoms with Crippen LogP contribution in [0, 0.1) is 6.92 Å². The summed E-state index contributed by atoms with van der Waals surface area (Å²) in [5.74, 6) is 0. The minimum atomic E-state index is 1.13. The molecule has 0 unspecified atom stereocenters. The fraction of sp³-hybridized carbons (Fsp3) is 0.864. The average molecular weight is 625 g/mol. The van der Waals surface area contributed by atoms with E-state index in [-0.39, 0.29) is 0 Å². The molecule has 1 rings (SSSR count). The van der Waals surface area contributed by atoms with E-state index in [0.29, 0.717) is 0 Å². The molecule has 1 heterocycles. The Kier molecular flexibility index (Phi) is 32.3. The van der Waals surface area contributed by atoms with Crippen molar-refractivity contribution in [2.45, 2.75) is 245 Å². The fourth-order valence-corrected chi connectivity index (χ4v) is 7.04. The summed E-state index contributed by atoms with van der Waals surface area (Å²) in [5, 5.41) is 0. The lowest BCUT2D eigenvalue weighted by Gasteiger charge is -2.08. The number of aryl methyl sites for hydroxylation is 2. The second-order valence-electron chi connectivity index (χ2n) is 14.8. The van der Waals surface area contributed by atoms with Crippen molar-refractivity contribution in [3.63, 3.8) is 0 Å². The van der Waals surface area contributed by atoms with Crippen molar-refractivity contribution < 1.29 is 0 Å². The van der Waals surface area contributed by atoms with Crippen molar-refractivity contribution in [2.75, 3.05) is 0 Å². The van der Waals surface area contributed by atoms with Crippen molar-refractivity contribution >= 4 is 0 Å². The lowest BCUT2D eigenvalue weighted by molar-refractivity contribution is 0.526. The van der Waals surface area contributed by atoms with Crippen LogP contribution >= 0.6 is 0 Å². The first kappa shape index (κ1) is 42.2. The van der Waals surface area contributed by atoms with Crippen molar-refractivity contribution in [3.05, 3.63) is 36.0 Å². The SMILES string of the molecule is [CH2]c1cc(CCCCCCCCCCCCCCCCCCC)nc(CCCCCCCCCCCCCCCCCCC)c1. The number of hydrogen-bond donors (Lipinski definition) is 0. The molecule has 263 valence electrons. The molecule has 0 saturated heterocycles. The lowest BCUT2D eigenvalue weighted by atomic mass is 10.0. The first-order valence-electron chi connectivity index (χ1n) is 21.1. The van der Waals surface area contributed by atoms with Crippen LogP contribution < -0.4 is 0 Å². The summed E-state index contributed by atoms with van der Waals surface area (Å²) >= 11 is 0. The van der Waals surface area contributed by atoms with Gasteiger partial charge < -0.3 is 0 Å². The van der Waals surface area contributed by atoms with Gasteiger partial charge >= 0.3 is 0 Å². The standard InChI is InChI=1S/C44H82N/c1-4-6-8-10-12-14-16-18-20-22-24-26-28-30-32-34-36-38-43-40-42(3)41-44(45-43)39-37-35-33-31-29-27-25-23-21-19-17-15-13-11-9-7-5-2/h40-41H,3-39H2,1-2H3. The van der Waals surface area contributed by atoms with Crippen molar-refractivity contribution in [1.82, 2.24) is 4.98 Å². The minimum absolute atomic E-state index is 1.13. The van der Waals surface area contributed by atoms with E-state index >= 15 is 0 Å². The Balaban J connectivity index is 1.89. The van der Waals surface area contributed by atoms with E-state index < -0.39 is 0 Å². The Morgan fingerprint density at radius 1 is 0.333 bits per heavy atom. The van der Waals surface area contributed by atoms with E-state index in [1.165, 1.54) is 230 Å². The van der Waals surface area contributed by atoms with E-state index in [1.807, 2.05) is 0 Å². The predicted octanol–water partition coefficient (Wildman–Crippen LogP) is 15.7. The molecule has 0 aromatic carbocycles. The van der Waals surface area contributed by atoms with Gasteiger partial charge in [0, 0.05) is 11.4 Å². The van der Waals surface area contributed by atoms with Gasteiger partial charge in [0.2, 0.25) is 0 Å². The Morgan fingerprint density at radius 3 is 0.756 bits per heavy atom. The van der Waals surface area contributed by atoms with Crippen LogP contribution in [0.3, 0.4) is 0 Å². The molecule has 0 aliphatic carbocycles. The van der Waals surface area contributed by atoms with Crippen LogP contribution in [0.4, 0.5) is 0 Å². The summed E-state index contributed by atoms with van der Waals surface area (Å²) in [5.41, 5.74) is 3.73. The van der Waals surface area contributed by atoms with Gasteiger partial charge in [-0.05, 0) is 50.3 Å². The molecule has 45 heavy (non-hydrogen) atoms. The molecule has 1 aromatic heterocycles. The second kappa shape index (κ2) is 34.5. The van der Waals surface area contributed by atoms with E-state index in [1.54, 1.807) is 0 Å². The Labute approximate surface area is 285 Å². The molecule has 0 bridgehead atoms. The van der Waals surface area contributed by atoms with Crippen LogP contribution in [-0.2, 0) is 12.8 Å². The van der Waals surface area contributed by atoms with Gasteiger partial charge in [-0.25, -0.2) is 0 Å². The molecule has 1 radical (unpaired) electrons. The summed E-state index contributed by atoms with van der Waals surface area (Å²) in [6.07, 6.45) is 50.9. The molecule has 1 nitrogen and oxygen atoms in total. The molecule has 1 heteroatoms. The maximum atomic E-state index is 5.02. The molecule has 0 N–H and O–H groups in total. The van der Waals surface area contributed by atoms with Crippen LogP contribution in [-0.4, -0.2) is 4.98 Å². The normalized spacial score (nSPS) is 11.5. The summed E-state index contributed by atoms with van der Waals surface area (Å²) in [6.45, 7) is 8.87. The van der Waals surface area contributed by atoms with E-state index in [4.69, 9.17) is 4.98 Å². The number of pyridine rings is 1. The van der Waals surface area contributed by atoms with Crippen LogP contribution in [0.5, 0.6) is 0 Å². The van der Waals surface area contributed by atoms with Crippen molar-refractivity contribution in [1.29, 1.82) is 0 Å². The summed E-state index contributed by atoms with van der Waals surface area (Å²) < 4.78 is 0. The first-order chi connectivity index (χ1) is 22.3. The first-order valence-corrected chi connectivity index (χ1v) is 21.1. The highest BCUT2D eigenvalue weighted by Crippen LogP contribution is 2.17. The molecule has 0 aliphatic heterocycles. The Morgan fingerprint density at radius 2 is 0.533 bits per heavy atom. The highest BCUT2D eigenvalue weighted by molar-refractivity contribution is 5.24. The van der Waals surface area contributed by atoms with Gasteiger partial charge in [-0.1, -0.05) is 219 Å². The van der Waals surface area contributed by atoms with Gasteiger partial charge in [0.1, 0.15) is 0 Å². The second-order valence-corrected chi connectivity index (χ2v) is 14.8. The fourth-order valence-electron chi connectivity index (χ4n) is 7.04. The summed E-state index contributed by atoms with van der Waals surface area (Å²) in [4.78, 5) is 5.02. The maximum absolute atomic E-state index is 5.02. The third-order valence-corrected chi connectivity index (χ3v) is 10.1.